The van der Waals surface area contributed by atoms with Gasteiger partial charge in [0.15, 0.2) is 0 Å². The van der Waals surface area contributed by atoms with Crippen LogP contribution in [0, 0.1) is 0 Å². The lowest BCUT2D eigenvalue weighted by Crippen LogP contribution is -2.23. The van der Waals surface area contributed by atoms with Crippen molar-refractivity contribution in [1.82, 2.24) is 9.66 Å². The minimum Gasteiger partial charge on any atom is -0.490 e. The van der Waals surface area contributed by atoms with Crippen LogP contribution in [0.5, 0.6) is 5.75 Å². The largest absolute Gasteiger partial charge is 0.490 e. The van der Waals surface area contributed by atoms with E-state index in [4.69, 9.17) is 9.72 Å². The molecule has 30 heavy (non-hydrogen) atoms. The molecule has 0 N–H and O–H groups in total. The number of ether oxygens (including phenoxy) is 1. The van der Waals surface area contributed by atoms with Crippen LogP contribution in [0.25, 0.3) is 10.9 Å². The molecule has 0 saturated carbocycles. The fourth-order valence-electron chi connectivity index (χ4n) is 2.90. The molecule has 0 radical (unpaired) electrons. The Labute approximate surface area is 193 Å². The van der Waals surface area contributed by atoms with Crippen molar-refractivity contribution in [2.75, 3.05) is 0 Å². The summed E-state index contributed by atoms with van der Waals surface area (Å²) in [4.78, 5) is 17.9. The van der Waals surface area contributed by atoms with Crippen LogP contribution >= 0.6 is 31.9 Å². The number of fused-ring (bicyclic) bond motifs is 1. The summed E-state index contributed by atoms with van der Waals surface area (Å²) < 4.78 is 9.00. The second-order valence-corrected chi connectivity index (χ2v) is 9.10. The molecule has 5 nitrogen and oxygen atoms in total. The molecule has 2 atom stereocenters. The average molecular weight is 535 g/mol. The Bertz CT molecular complexity index is 1140. The Kier molecular flexibility index (Phi) is 7.47. The summed E-state index contributed by atoms with van der Waals surface area (Å²) in [6.45, 7) is 8.25. The van der Waals surface area contributed by atoms with E-state index in [2.05, 4.69) is 57.7 Å². The average Bonchev–Trinajstić information content (AvgIpc) is 2.74. The first-order valence-corrected chi connectivity index (χ1v) is 11.6. The zero-order valence-electron chi connectivity index (χ0n) is 17.5. The summed E-state index contributed by atoms with van der Waals surface area (Å²) in [6.07, 6.45) is 3.61. The Morgan fingerprint density at radius 1 is 1.13 bits per heavy atom. The van der Waals surface area contributed by atoms with Crippen LogP contribution in [0.2, 0.25) is 0 Å². The second-order valence-electron chi connectivity index (χ2n) is 7.33. The predicted molar refractivity (Wildman–Crippen MR) is 130 cm³/mol. The molecule has 0 unspecified atom stereocenters. The molecule has 0 amide bonds. The van der Waals surface area contributed by atoms with Gasteiger partial charge in [-0.3, -0.25) is 4.79 Å². The van der Waals surface area contributed by atoms with Crippen LogP contribution in [0.4, 0.5) is 0 Å². The standard InChI is InChI=1S/C23H25Br2N3O2/c1-5-14(3)22-27-20-9-8-17(24)12-18(20)23(29)28(22)26-13-16-7-10-21(19(25)11-16)30-15(4)6-2/h7-15H,5-6H2,1-4H3/t14-,15+/m1/s1. The van der Waals surface area contributed by atoms with Gasteiger partial charge in [-0.2, -0.15) is 9.78 Å². The van der Waals surface area contributed by atoms with Crippen LogP contribution in [-0.4, -0.2) is 22.0 Å². The van der Waals surface area contributed by atoms with Gasteiger partial charge in [0.1, 0.15) is 11.6 Å². The van der Waals surface area contributed by atoms with Crippen LogP contribution in [0.15, 0.2) is 55.2 Å². The van der Waals surface area contributed by atoms with Gasteiger partial charge in [-0.15, -0.1) is 0 Å². The number of halogens is 2. The van der Waals surface area contributed by atoms with Crippen LogP contribution in [-0.2, 0) is 0 Å². The van der Waals surface area contributed by atoms with Crippen molar-refractivity contribution in [3.05, 3.63) is 67.1 Å². The molecular formula is C23H25Br2N3O2. The zero-order valence-corrected chi connectivity index (χ0v) is 20.7. The first-order valence-electron chi connectivity index (χ1n) is 10.1. The van der Waals surface area contributed by atoms with Crippen molar-refractivity contribution >= 4 is 49.0 Å². The van der Waals surface area contributed by atoms with Crippen molar-refractivity contribution in [2.24, 2.45) is 5.10 Å². The molecule has 1 heterocycles. The first kappa shape index (κ1) is 22.7. The zero-order chi connectivity index (χ0) is 21.8. The van der Waals surface area contributed by atoms with Crippen LogP contribution in [0.1, 0.15) is 57.8 Å². The van der Waals surface area contributed by atoms with Gasteiger partial charge in [-0.05, 0) is 77.7 Å². The van der Waals surface area contributed by atoms with E-state index in [9.17, 15) is 4.79 Å². The van der Waals surface area contributed by atoms with Crippen molar-refractivity contribution in [2.45, 2.75) is 52.6 Å². The fourth-order valence-corrected chi connectivity index (χ4v) is 3.75. The van der Waals surface area contributed by atoms with Gasteiger partial charge >= 0.3 is 0 Å². The third-order valence-corrected chi connectivity index (χ3v) is 6.18. The highest BCUT2D eigenvalue weighted by atomic mass is 79.9. The van der Waals surface area contributed by atoms with E-state index in [1.807, 2.05) is 37.3 Å². The van der Waals surface area contributed by atoms with Gasteiger partial charge in [-0.1, -0.05) is 36.7 Å². The summed E-state index contributed by atoms with van der Waals surface area (Å²) in [6, 6.07) is 11.3. The number of nitrogens with zero attached hydrogens (tertiary/aromatic N) is 3. The Hall–Kier alpha value is -1.99. The summed E-state index contributed by atoms with van der Waals surface area (Å²) in [5.41, 5.74) is 1.36. The third-order valence-electron chi connectivity index (χ3n) is 5.07. The third kappa shape index (κ3) is 5.01. The van der Waals surface area contributed by atoms with Gasteiger partial charge in [-0.25, -0.2) is 4.98 Å². The number of benzene rings is 2. The topological polar surface area (TPSA) is 56.5 Å². The lowest BCUT2D eigenvalue weighted by Gasteiger charge is -2.15. The normalized spacial score (nSPS) is 13.7. The van der Waals surface area contributed by atoms with E-state index in [1.165, 1.54) is 4.68 Å². The Morgan fingerprint density at radius 3 is 2.57 bits per heavy atom. The molecule has 3 aromatic rings. The van der Waals surface area contributed by atoms with E-state index >= 15 is 0 Å². The lowest BCUT2D eigenvalue weighted by atomic mass is 10.1. The molecule has 0 spiro atoms. The highest BCUT2D eigenvalue weighted by Gasteiger charge is 2.15. The Balaban J connectivity index is 2.04. The highest BCUT2D eigenvalue weighted by molar-refractivity contribution is 9.10. The summed E-state index contributed by atoms with van der Waals surface area (Å²) in [5.74, 6) is 1.54. The molecule has 0 aliphatic heterocycles. The number of aromatic nitrogens is 2. The number of hydrogen-bond acceptors (Lipinski definition) is 4. The SMILES string of the molecule is CC[C@@H](C)c1nc2ccc(Br)cc2c(=O)n1N=Cc1ccc(O[C@@H](C)CC)c(Br)c1. The van der Waals surface area contributed by atoms with E-state index in [-0.39, 0.29) is 17.6 Å². The van der Waals surface area contributed by atoms with Gasteiger partial charge in [0.2, 0.25) is 0 Å². The summed E-state index contributed by atoms with van der Waals surface area (Å²) >= 11 is 7.00. The molecule has 2 aromatic carbocycles. The maximum atomic E-state index is 13.2. The van der Waals surface area contributed by atoms with E-state index in [1.54, 1.807) is 12.3 Å². The smallest absolute Gasteiger partial charge is 0.282 e. The van der Waals surface area contributed by atoms with Crippen LogP contribution in [0.3, 0.4) is 0 Å². The minimum absolute atomic E-state index is 0.0981. The molecular weight excluding hydrogens is 510 g/mol. The molecule has 158 valence electrons. The molecule has 0 aliphatic rings. The highest BCUT2D eigenvalue weighted by Crippen LogP contribution is 2.27. The molecule has 0 fully saturated rings. The number of hydrogen-bond donors (Lipinski definition) is 0. The minimum atomic E-state index is -0.177. The lowest BCUT2D eigenvalue weighted by molar-refractivity contribution is 0.216. The van der Waals surface area contributed by atoms with Crippen LogP contribution < -0.4 is 10.3 Å². The van der Waals surface area contributed by atoms with Gasteiger partial charge in [0.05, 0.1) is 27.7 Å². The van der Waals surface area contributed by atoms with Crippen molar-refractivity contribution in [3.63, 3.8) is 0 Å². The van der Waals surface area contributed by atoms with E-state index < -0.39 is 0 Å². The van der Waals surface area contributed by atoms with E-state index in [0.717, 1.165) is 33.1 Å². The van der Waals surface area contributed by atoms with Crippen molar-refractivity contribution in [1.29, 1.82) is 0 Å². The van der Waals surface area contributed by atoms with E-state index in [0.29, 0.717) is 16.7 Å². The maximum absolute atomic E-state index is 13.2. The van der Waals surface area contributed by atoms with Crippen molar-refractivity contribution in [3.8, 4) is 5.75 Å². The molecule has 7 heteroatoms. The van der Waals surface area contributed by atoms with Crippen molar-refractivity contribution < 1.29 is 4.74 Å². The molecule has 0 saturated heterocycles. The summed E-state index contributed by atoms with van der Waals surface area (Å²) in [7, 11) is 0. The monoisotopic (exact) mass is 533 g/mol. The second kappa shape index (κ2) is 9.88. The molecule has 0 aliphatic carbocycles. The molecule has 0 bridgehead atoms. The van der Waals surface area contributed by atoms with Gasteiger partial charge in [0, 0.05) is 10.4 Å². The summed E-state index contributed by atoms with van der Waals surface area (Å²) in [5, 5.41) is 5.05. The number of rotatable bonds is 7. The fraction of sp³-hybridized carbons (Fsp3) is 0.348. The Morgan fingerprint density at radius 2 is 1.90 bits per heavy atom. The molecule has 3 rings (SSSR count). The van der Waals surface area contributed by atoms with Gasteiger partial charge in [0.25, 0.3) is 5.56 Å². The van der Waals surface area contributed by atoms with Gasteiger partial charge < -0.3 is 4.74 Å². The maximum Gasteiger partial charge on any atom is 0.282 e. The quantitative estimate of drug-likeness (QED) is 0.325. The first-order chi connectivity index (χ1) is 14.3. The predicted octanol–water partition coefficient (Wildman–Crippen LogP) is 6.49. The molecule has 1 aromatic heterocycles.